The van der Waals surface area contributed by atoms with Gasteiger partial charge in [-0.05, 0) is 33.9 Å². The lowest BCUT2D eigenvalue weighted by molar-refractivity contribution is 0.0693. The summed E-state index contributed by atoms with van der Waals surface area (Å²) < 4.78 is 7.07. The van der Waals surface area contributed by atoms with Gasteiger partial charge in [0.1, 0.15) is 17.4 Å². The number of carbonyl (C=O) groups is 1. The summed E-state index contributed by atoms with van der Waals surface area (Å²) in [7, 11) is 6.01. The van der Waals surface area contributed by atoms with Gasteiger partial charge in [-0.3, -0.25) is 4.79 Å². The Morgan fingerprint density at radius 3 is 2.88 bits per heavy atom. The number of piperidine rings is 1. The molecule has 8 nitrogen and oxygen atoms in total. The van der Waals surface area contributed by atoms with Crippen LogP contribution in [0, 0.1) is 6.92 Å². The molecule has 0 aromatic carbocycles. The van der Waals surface area contributed by atoms with Crippen molar-refractivity contribution in [1.29, 1.82) is 0 Å². The monoisotopic (exact) mass is 332 g/mol. The fourth-order valence-electron chi connectivity index (χ4n) is 3.15. The Morgan fingerprint density at radius 2 is 2.21 bits per heavy atom. The van der Waals surface area contributed by atoms with Crippen molar-refractivity contribution < 1.29 is 9.32 Å². The average molecular weight is 332 g/mol. The molecule has 0 spiro atoms. The highest BCUT2D eigenvalue weighted by atomic mass is 16.5. The normalized spacial score (nSPS) is 18.4. The number of aryl methyl sites for hydroxylation is 1. The predicted molar refractivity (Wildman–Crippen MR) is 87.5 cm³/mol. The minimum absolute atomic E-state index is 0.0766. The topological polar surface area (TPSA) is 80.3 Å². The second kappa shape index (κ2) is 6.72. The lowest BCUT2D eigenvalue weighted by Gasteiger charge is -2.31. The van der Waals surface area contributed by atoms with E-state index in [1.54, 1.807) is 13.0 Å². The van der Waals surface area contributed by atoms with Crippen LogP contribution < -0.4 is 0 Å². The van der Waals surface area contributed by atoms with Crippen LogP contribution in [0.5, 0.6) is 0 Å². The zero-order valence-corrected chi connectivity index (χ0v) is 14.7. The molecule has 1 fully saturated rings. The van der Waals surface area contributed by atoms with E-state index in [4.69, 9.17) is 4.52 Å². The molecule has 2 aromatic rings. The molecule has 24 heavy (non-hydrogen) atoms. The van der Waals surface area contributed by atoms with Crippen molar-refractivity contribution >= 4 is 5.91 Å². The molecule has 0 N–H and O–H groups in total. The van der Waals surface area contributed by atoms with Gasteiger partial charge < -0.3 is 18.9 Å². The Hall–Kier alpha value is -2.22. The minimum atomic E-state index is -0.0766. The van der Waals surface area contributed by atoms with E-state index in [2.05, 4.69) is 24.8 Å². The third-order valence-electron chi connectivity index (χ3n) is 4.38. The van der Waals surface area contributed by atoms with Crippen molar-refractivity contribution in [3.8, 4) is 0 Å². The lowest BCUT2D eigenvalue weighted by Crippen LogP contribution is -2.39. The first kappa shape index (κ1) is 16.6. The van der Waals surface area contributed by atoms with Gasteiger partial charge in [0.2, 0.25) is 0 Å². The number of amides is 1. The summed E-state index contributed by atoms with van der Waals surface area (Å²) in [5.41, 5.74) is 0.374. The fraction of sp³-hybridized carbons (Fsp3) is 0.625. The van der Waals surface area contributed by atoms with Gasteiger partial charge in [0, 0.05) is 32.1 Å². The minimum Gasteiger partial charge on any atom is -0.361 e. The van der Waals surface area contributed by atoms with Crippen LogP contribution in [0.2, 0.25) is 0 Å². The third kappa shape index (κ3) is 3.33. The number of rotatable bonds is 4. The molecule has 0 unspecified atom stereocenters. The van der Waals surface area contributed by atoms with E-state index in [1.807, 2.05) is 26.0 Å². The van der Waals surface area contributed by atoms with Gasteiger partial charge in [0.05, 0.1) is 6.54 Å². The maximum absolute atomic E-state index is 12.6. The summed E-state index contributed by atoms with van der Waals surface area (Å²) >= 11 is 0. The maximum Gasteiger partial charge on any atom is 0.276 e. The quantitative estimate of drug-likeness (QED) is 0.837. The number of aromatic nitrogens is 4. The second-order valence-corrected chi connectivity index (χ2v) is 6.68. The Kier molecular flexibility index (Phi) is 4.66. The standard InChI is InChI=1S/C16H24N6O2/c1-11-8-13(19-24-11)16(23)22-7-5-6-12(9-22)15-18-17-14(21(15)4)10-20(2)3/h8,12H,5-7,9-10H2,1-4H3/t12-/m0/s1. The van der Waals surface area contributed by atoms with Crippen LogP contribution in [0.3, 0.4) is 0 Å². The number of hydrogen-bond donors (Lipinski definition) is 0. The molecule has 8 heteroatoms. The molecule has 2 aromatic heterocycles. The molecule has 0 saturated carbocycles. The van der Waals surface area contributed by atoms with E-state index in [0.717, 1.165) is 37.6 Å². The SMILES string of the molecule is Cc1cc(C(=O)N2CCC[C@H](c3nnc(CN(C)C)n3C)C2)no1. The van der Waals surface area contributed by atoms with Crippen LogP contribution in [-0.2, 0) is 13.6 Å². The molecule has 0 radical (unpaired) electrons. The Morgan fingerprint density at radius 1 is 1.42 bits per heavy atom. The van der Waals surface area contributed by atoms with Crippen molar-refractivity contribution in [2.45, 2.75) is 32.2 Å². The van der Waals surface area contributed by atoms with E-state index < -0.39 is 0 Å². The molecule has 1 amide bonds. The van der Waals surface area contributed by atoms with E-state index in [0.29, 0.717) is 18.0 Å². The molecule has 0 bridgehead atoms. The van der Waals surface area contributed by atoms with Gasteiger partial charge in [0.25, 0.3) is 5.91 Å². The van der Waals surface area contributed by atoms with E-state index in [9.17, 15) is 4.79 Å². The van der Waals surface area contributed by atoms with Crippen molar-refractivity contribution in [2.24, 2.45) is 7.05 Å². The summed E-state index contributed by atoms with van der Waals surface area (Å²) in [5, 5.41) is 12.5. The lowest BCUT2D eigenvalue weighted by atomic mass is 9.97. The molecule has 3 heterocycles. The highest BCUT2D eigenvalue weighted by Crippen LogP contribution is 2.26. The van der Waals surface area contributed by atoms with Crippen molar-refractivity contribution in [3.63, 3.8) is 0 Å². The van der Waals surface area contributed by atoms with Gasteiger partial charge >= 0.3 is 0 Å². The van der Waals surface area contributed by atoms with Crippen molar-refractivity contribution in [2.75, 3.05) is 27.2 Å². The smallest absolute Gasteiger partial charge is 0.276 e. The van der Waals surface area contributed by atoms with Gasteiger partial charge in [0.15, 0.2) is 5.69 Å². The number of nitrogens with zero attached hydrogens (tertiary/aromatic N) is 6. The van der Waals surface area contributed by atoms with E-state index in [-0.39, 0.29) is 11.8 Å². The van der Waals surface area contributed by atoms with Crippen LogP contribution in [0.1, 0.15) is 46.7 Å². The first-order chi connectivity index (χ1) is 11.5. The summed E-state index contributed by atoms with van der Waals surface area (Å²) in [5.74, 6) is 2.65. The molecule has 1 aliphatic heterocycles. The summed E-state index contributed by atoms with van der Waals surface area (Å²) in [6.45, 7) is 3.91. The first-order valence-corrected chi connectivity index (χ1v) is 8.21. The predicted octanol–water partition coefficient (Wildman–Crippen LogP) is 1.19. The fourth-order valence-corrected chi connectivity index (χ4v) is 3.15. The third-order valence-corrected chi connectivity index (χ3v) is 4.38. The summed E-state index contributed by atoms with van der Waals surface area (Å²) in [4.78, 5) is 16.5. The van der Waals surface area contributed by atoms with Crippen molar-refractivity contribution in [1.82, 2.24) is 29.7 Å². The van der Waals surface area contributed by atoms with E-state index >= 15 is 0 Å². The molecule has 130 valence electrons. The zero-order chi connectivity index (χ0) is 17.3. The van der Waals surface area contributed by atoms with Gasteiger partial charge in [-0.1, -0.05) is 5.16 Å². The largest absolute Gasteiger partial charge is 0.361 e. The van der Waals surface area contributed by atoms with Gasteiger partial charge in [-0.2, -0.15) is 0 Å². The zero-order valence-electron chi connectivity index (χ0n) is 14.7. The number of likely N-dealkylation sites (tertiary alicyclic amines) is 1. The molecule has 1 aliphatic rings. The summed E-state index contributed by atoms with van der Waals surface area (Å²) in [6, 6.07) is 1.68. The van der Waals surface area contributed by atoms with E-state index in [1.165, 1.54) is 0 Å². The molecule has 0 aliphatic carbocycles. The number of carbonyl (C=O) groups excluding carboxylic acids is 1. The van der Waals surface area contributed by atoms with Crippen LogP contribution in [0.4, 0.5) is 0 Å². The van der Waals surface area contributed by atoms with Crippen LogP contribution >= 0.6 is 0 Å². The molecule has 1 saturated heterocycles. The van der Waals surface area contributed by atoms with Crippen LogP contribution in [-0.4, -0.2) is 62.8 Å². The Balaban J connectivity index is 1.74. The van der Waals surface area contributed by atoms with Crippen molar-refractivity contribution in [3.05, 3.63) is 29.2 Å². The van der Waals surface area contributed by atoms with Crippen LogP contribution in [0.15, 0.2) is 10.6 Å². The highest BCUT2D eigenvalue weighted by molar-refractivity contribution is 5.92. The molecule has 1 atom stereocenters. The molecule has 3 rings (SSSR count). The first-order valence-electron chi connectivity index (χ1n) is 8.21. The maximum atomic E-state index is 12.6. The molecular formula is C16H24N6O2. The number of hydrogen-bond acceptors (Lipinski definition) is 6. The molecular weight excluding hydrogens is 308 g/mol. The van der Waals surface area contributed by atoms with Crippen LogP contribution in [0.25, 0.3) is 0 Å². The summed E-state index contributed by atoms with van der Waals surface area (Å²) in [6.07, 6.45) is 1.96. The second-order valence-electron chi connectivity index (χ2n) is 6.68. The Labute approximate surface area is 141 Å². The van der Waals surface area contributed by atoms with Gasteiger partial charge in [-0.25, -0.2) is 0 Å². The highest BCUT2D eigenvalue weighted by Gasteiger charge is 2.30. The Bertz CT molecular complexity index is 720. The average Bonchev–Trinajstić information content (AvgIpc) is 3.13. The van der Waals surface area contributed by atoms with Gasteiger partial charge in [-0.15, -0.1) is 10.2 Å².